The first-order valence-electron chi connectivity index (χ1n) is 52.1. The number of carbonyl (C=O) groups excluding carboxylic acids is 5. The normalized spacial score (nSPS) is 29.3. The van der Waals surface area contributed by atoms with Crippen molar-refractivity contribution in [3.8, 4) is 5.75 Å². The summed E-state index contributed by atoms with van der Waals surface area (Å²) in [5.41, 5.74) is 14.8. The number of likely N-dealkylation sites (tertiary alicyclic amines) is 2. The van der Waals surface area contributed by atoms with Crippen LogP contribution in [0.5, 0.6) is 5.75 Å². The molecule has 8 aromatic heterocycles. The van der Waals surface area contributed by atoms with Gasteiger partial charge in [-0.25, -0.2) is 46.9 Å². The lowest BCUT2D eigenvalue weighted by Gasteiger charge is -2.71. The van der Waals surface area contributed by atoms with E-state index in [1.54, 1.807) is 61.5 Å². The quantitative estimate of drug-likeness (QED) is 0.0654. The molecule has 5 aliphatic heterocycles. The fourth-order valence-electron chi connectivity index (χ4n) is 28.8. The van der Waals surface area contributed by atoms with E-state index in [1.807, 2.05) is 102 Å². The Balaban J connectivity index is 0.0000000971. The zero-order chi connectivity index (χ0) is 103. The van der Waals surface area contributed by atoms with Crippen molar-refractivity contribution in [3.05, 3.63) is 297 Å². The standard InChI is InChI=1S/C24H24ClN3O.C24H23F2N5O.C24H24FN3O.C22H21F2N3O3.C22H23N7O/c1-16-2-7-21-18(10-16)11-26-28(21)15-23-12-24(13-23,14-23)22(29)27-9-8-20(27)17-3-5-19(25)6-4-17;1-14-7-18(26)16(8-17(14)25)20-5-6-27-31(20)22(32)24-10-23(11-24,12-24)13-30-21-4-3-15(2)29-19(21)9-28-30;1-16-2-7-21-18(10-16)11-26-28(21)15-23-12-24(13-23,14-23)22(29)27-9-8-20(27)17-3-5-19(25)6-4-17;1-30-16-2-4-25-17(9-16)19(28)21-10-22(11-21,12-21)20(29)27-18(3-5-26-27)13-6-14(23)8-15(24)7-13;1-14-3-4-18-17(27-14)9-26-28(18)13-21-10-22(11-21,12-21)20(30)29-19(5-6-25-29)16-8-23-15(2)7-24-16/h2-7,10-11,20H,8-9,12-15H2,1H3;3-4,6-9,20H,5,10-13H2,1-2H3;2-7,10-11,20H,8-9,12-15H2,1H3;2,4-9,18-19,28H,3,10-12H2,1H3;3-4,6-9,19H,5,10-13H2,1-2H3. The second-order valence-corrected chi connectivity index (χ2v) is 47.1. The van der Waals surface area contributed by atoms with Crippen LogP contribution in [0.3, 0.4) is 0 Å². The molecule has 13 heterocycles. The van der Waals surface area contributed by atoms with Crippen LogP contribution in [0.1, 0.15) is 232 Å². The number of aliphatic hydroxyl groups is 1. The van der Waals surface area contributed by atoms with E-state index in [-0.39, 0.29) is 96.1 Å². The summed E-state index contributed by atoms with van der Waals surface area (Å²) in [5.74, 6) is -1.37. The highest BCUT2D eigenvalue weighted by atomic mass is 35.5. The number of amides is 5. The van der Waals surface area contributed by atoms with Gasteiger partial charge >= 0.3 is 0 Å². The first kappa shape index (κ1) is 96.6. The molecule has 6 unspecified atom stereocenters. The Morgan fingerprint density at radius 3 is 1.29 bits per heavy atom. The molecule has 34 rings (SSSR count). The maximum absolute atomic E-state index is 14.6. The SMILES string of the molecule is COc1ccnc(C(O)C23CC(C(=O)N4N=CCC4c4cc(F)cc(F)c4)(C2)C3)c1.Cc1ccc2c(cnn2CC23CC(C(=O)N4CCC4c4ccc(Cl)cc4)(C2)C3)c1.Cc1ccc2c(cnn2CC23CC(C(=O)N4CCC4c4ccc(F)cc4)(C2)C3)c1.Cc1ccc2c(cnn2CC23CC(C(=O)N4N=CCC4c4cc(F)c(C)cc4F)(C2)C3)n1.Cc1cnc(C2CC=NN2C(=O)C23CC(Cn4ncc5nc(C)ccc54)(C2)C3)cn1. The van der Waals surface area contributed by atoms with Crippen LogP contribution in [0, 0.1) is 125 Å². The third kappa shape index (κ3) is 16.2. The van der Waals surface area contributed by atoms with E-state index in [9.17, 15) is 51.0 Å². The lowest BCUT2D eigenvalue weighted by atomic mass is 9.33. The Morgan fingerprint density at radius 1 is 0.400 bits per heavy atom. The number of hydrogen-bond donors (Lipinski definition) is 1. The summed E-state index contributed by atoms with van der Waals surface area (Å²) in [6.07, 6.45) is 32.9. The number of aliphatic hydroxyl groups excluding tert-OH is 1. The Bertz CT molecular complexity index is 7680. The maximum Gasteiger partial charge on any atom is 0.249 e. The number of fused-ring (bicyclic) bond motifs is 4. The average molecular weight is 2050 g/mol. The lowest BCUT2D eigenvalue weighted by molar-refractivity contribution is -0.255. The summed E-state index contributed by atoms with van der Waals surface area (Å²) in [4.78, 5) is 92.8. The first-order chi connectivity index (χ1) is 72.1. The van der Waals surface area contributed by atoms with Gasteiger partial charge in [0.05, 0.1) is 128 Å². The smallest absolute Gasteiger partial charge is 0.249 e. The summed E-state index contributed by atoms with van der Waals surface area (Å²) in [6, 6.07) is 43.8. The molecule has 6 aromatic carbocycles. The van der Waals surface area contributed by atoms with E-state index in [2.05, 4.69) is 143 Å². The molecule has 28 nitrogen and oxygen atoms in total. The van der Waals surface area contributed by atoms with Gasteiger partial charge in [0.1, 0.15) is 58.0 Å². The molecule has 0 spiro atoms. The minimum absolute atomic E-state index is 0.0552. The van der Waals surface area contributed by atoms with E-state index in [0.717, 1.165) is 191 Å². The van der Waals surface area contributed by atoms with Crippen molar-refractivity contribution in [2.75, 3.05) is 20.2 Å². The van der Waals surface area contributed by atoms with Crippen LogP contribution in [0.15, 0.2) is 210 Å². The third-order valence-electron chi connectivity index (χ3n) is 35.8. The van der Waals surface area contributed by atoms with E-state index in [4.69, 9.17) is 16.3 Å². The van der Waals surface area contributed by atoms with Gasteiger partial charge in [-0.2, -0.15) is 35.7 Å². The largest absolute Gasteiger partial charge is 0.497 e. The van der Waals surface area contributed by atoms with Gasteiger partial charge < -0.3 is 19.6 Å². The monoisotopic (exact) mass is 2040 g/mol. The average Bonchev–Trinajstić information content (AvgIpc) is 0.883. The maximum atomic E-state index is 14.6. The molecule has 10 bridgehead atoms. The van der Waals surface area contributed by atoms with Crippen LogP contribution in [0.4, 0.5) is 22.0 Å². The van der Waals surface area contributed by atoms with Gasteiger partial charge in [-0.3, -0.25) is 57.7 Å². The summed E-state index contributed by atoms with van der Waals surface area (Å²) >= 11 is 6.02. The van der Waals surface area contributed by atoms with Crippen molar-refractivity contribution < 1.29 is 55.8 Å². The predicted molar refractivity (Wildman–Crippen MR) is 551 cm³/mol. The van der Waals surface area contributed by atoms with Gasteiger partial charge in [0.2, 0.25) is 29.5 Å². The molecule has 15 aliphatic carbocycles. The number of ether oxygens (including phenoxy) is 1. The van der Waals surface area contributed by atoms with Crippen molar-refractivity contribution in [2.45, 2.75) is 232 Å². The predicted octanol–water partition coefficient (Wildman–Crippen LogP) is 20.7. The Hall–Kier alpha value is -14.2. The second kappa shape index (κ2) is 35.5. The molecule has 2 saturated heterocycles. The van der Waals surface area contributed by atoms with Crippen molar-refractivity contribution in [1.82, 2.24) is 88.9 Å². The summed E-state index contributed by atoms with van der Waals surface area (Å²) in [5, 5.41) is 49.5. The number of aromatic nitrogens is 13. The molecule has 1 N–H and O–H groups in total. The van der Waals surface area contributed by atoms with Gasteiger partial charge in [-0.05, 0) is 298 Å². The molecule has 14 aromatic rings. The summed E-state index contributed by atoms with van der Waals surface area (Å²) in [7, 11) is 1.55. The number of nitrogens with zero attached hydrogens (tertiary/aromatic N) is 21. The lowest BCUT2D eigenvalue weighted by Crippen LogP contribution is -2.70. The number of hydrogen-bond acceptors (Lipinski definition) is 19. The topological polar surface area (TPSA) is 304 Å². The molecule has 0 radical (unpaired) electrons. The Labute approximate surface area is 867 Å². The van der Waals surface area contributed by atoms with E-state index in [1.165, 1.54) is 91.8 Å². The molecular weight excluding hydrogens is 1930 g/mol. The minimum Gasteiger partial charge on any atom is -0.497 e. The van der Waals surface area contributed by atoms with Gasteiger partial charge in [0.15, 0.2) is 0 Å². The van der Waals surface area contributed by atoms with Crippen molar-refractivity contribution in [2.24, 2.45) is 69.5 Å². The number of rotatable bonds is 21. The van der Waals surface area contributed by atoms with E-state index >= 15 is 0 Å². The van der Waals surface area contributed by atoms with Crippen molar-refractivity contribution in [1.29, 1.82) is 0 Å². The molecule has 768 valence electrons. The fraction of sp³-hybridized carbons (Fsp3) is 0.422. The van der Waals surface area contributed by atoms with Crippen LogP contribution in [-0.4, -0.2) is 162 Å². The van der Waals surface area contributed by atoms with Crippen LogP contribution >= 0.6 is 11.6 Å². The number of pyridine rings is 3. The highest BCUT2D eigenvalue weighted by molar-refractivity contribution is 6.30. The number of hydrazone groups is 3. The van der Waals surface area contributed by atoms with Crippen LogP contribution in [-0.2, 0) is 50.2 Å². The molecular formula is C116H115ClF5N21O7. The van der Waals surface area contributed by atoms with Crippen LogP contribution in [0.25, 0.3) is 43.9 Å². The number of carbonyl (C=O) groups is 5. The Kier molecular flexibility index (Phi) is 22.9. The first-order valence-corrected chi connectivity index (χ1v) is 52.5. The molecule has 17 fully saturated rings. The molecule has 15 saturated carbocycles. The number of benzene rings is 6. The van der Waals surface area contributed by atoms with Crippen molar-refractivity contribution in [3.63, 3.8) is 0 Å². The summed E-state index contributed by atoms with van der Waals surface area (Å²) < 4.78 is 82.7. The Morgan fingerprint density at radius 2 is 0.827 bits per heavy atom. The molecule has 150 heavy (non-hydrogen) atoms. The zero-order valence-electron chi connectivity index (χ0n) is 84.6. The molecule has 5 amide bonds. The van der Waals surface area contributed by atoms with E-state index < -0.39 is 52.3 Å². The molecule has 34 heteroatoms. The van der Waals surface area contributed by atoms with Gasteiger partial charge in [-0.15, -0.1) is 0 Å². The van der Waals surface area contributed by atoms with Gasteiger partial charge in [-0.1, -0.05) is 59.1 Å². The number of halogens is 6. The fourth-order valence-corrected chi connectivity index (χ4v) is 29.0. The number of methoxy groups -OCH3 is 1. The molecule has 20 aliphatic rings. The summed E-state index contributed by atoms with van der Waals surface area (Å²) in [6.45, 7) is 16.7. The van der Waals surface area contributed by atoms with Gasteiger partial charge in [0, 0.05) is 140 Å². The minimum atomic E-state index is -0.780. The van der Waals surface area contributed by atoms with Crippen molar-refractivity contribution >= 4 is 104 Å². The number of aryl methyl sites for hydroxylation is 6. The third-order valence-corrected chi connectivity index (χ3v) is 36.0. The molecule has 6 atom stereocenters. The van der Waals surface area contributed by atoms with Crippen LogP contribution in [0.2, 0.25) is 5.02 Å². The second-order valence-electron chi connectivity index (χ2n) is 46.7. The van der Waals surface area contributed by atoms with Gasteiger partial charge in [0.25, 0.3) is 0 Å². The highest BCUT2D eigenvalue weighted by Gasteiger charge is 2.78. The zero-order valence-corrected chi connectivity index (χ0v) is 85.4. The van der Waals surface area contributed by atoms with E-state index in [0.29, 0.717) is 67.3 Å². The van der Waals surface area contributed by atoms with Crippen LogP contribution < -0.4 is 4.74 Å². The highest BCUT2D eigenvalue weighted by Crippen LogP contribution is 2.80.